The maximum Gasteiger partial charge on any atom is 0.117 e. The Morgan fingerprint density at radius 2 is 2.00 bits per heavy atom. The van der Waals surface area contributed by atoms with E-state index in [1.807, 2.05) is 30.3 Å². The van der Waals surface area contributed by atoms with Gasteiger partial charge in [-0.15, -0.1) is 0 Å². The van der Waals surface area contributed by atoms with Crippen LogP contribution < -0.4 is 5.43 Å². The summed E-state index contributed by atoms with van der Waals surface area (Å²) in [6, 6.07) is 9.40. The third-order valence-corrected chi connectivity index (χ3v) is 2.01. The van der Waals surface area contributed by atoms with Crippen LogP contribution in [-0.4, -0.2) is 28.6 Å². The number of nitrogens with one attached hydrogen (secondary N) is 1. The Labute approximate surface area is 89.3 Å². The number of para-hydroxylation sites is 1. The summed E-state index contributed by atoms with van der Waals surface area (Å²) in [6.45, 7) is 1.80. The number of aliphatic hydroxyl groups is 2. The van der Waals surface area contributed by atoms with Crippen LogP contribution in [0.15, 0.2) is 35.4 Å². The molecule has 1 aromatic carbocycles. The normalized spacial score (nSPS) is 15.1. The van der Waals surface area contributed by atoms with E-state index < -0.39 is 12.2 Å². The Morgan fingerprint density at radius 3 is 2.60 bits per heavy atom. The van der Waals surface area contributed by atoms with Gasteiger partial charge in [-0.25, -0.2) is 0 Å². The zero-order chi connectivity index (χ0) is 11.1. The van der Waals surface area contributed by atoms with Crippen molar-refractivity contribution in [2.45, 2.75) is 25.6 Å². The number of hydrogen-bond acceptors (Lipinski definition) is 4. The van der Waals surface area contributed by atoms with Crippen molar-refractivity contribution < 1.29 is 10.2 Å². The first-order chi connectivity index (χ1) is 7.24. The second-order valence-corrected chi connectivity index (χ2v) is 3.22. The summed E-state index contributed by atoms with van der Waals surface area (Å²) in [4.78, 5) is 0. The zero-order valence-corrected chi connectivity index (χ0v) is 8.67. The van der Waals surface area contributed by atoms with Crippen LogP contribution in [0.1, 0.15) is 13.3 Å². The Kier molecular flexibility index (Phi) is 4.80. The number of rotatable bonds is 5. The second kappa shape index (κ2) is 6.16. The number of nitrogens with zero attached hydrogens (tertiary/aromatic N) is 1. The number of hydrazone groups is 1. The van der Waals surface area contributed by atoms with Gasteiger partial charge in [0.2, 0.25) is 0 Å². The van der Waals surface area contributed by atoms with E-state index in [0.29, 0.717) is 6.42 Å². The minimum Gasteiger partial charge on any atom is -0.390 e. The average molecular weight is 208 g/mol. The van der Waals surface area contributed by atoms with Crippen LogP contribution >= 0.6 is 0 Å². The summed E-state index contributed by atoms with van der Waals surface area (Å²) >= 11 is 0. The lowest BCUT2D eigenvalue weighted by atomic mass is 10.2. The third kappa shape index (κ3) is 4.10. The van der Waals surface area contributed by atoms with Gasteiger partial charge in [-0.3, -0.25) is 5.43 Å². The molecule has 0 aromatic heterocycles. The molecule has 0 aliphatic rings. The van der Waals surface area contributed by atoms with Gasteiger partial charge in [0, 0.05) is 0 Å². The van der Waals surface area contributed by atoms with E-state index >= 15 is 0 Å². The molecule has 82 valence electrons. The smallest absolute Gasteiger partial charge is 0.117 e. The molecule has 0 saturated carbocycles. The Morgan fingerprint density at radius 1 is 1.33 bits per heavy atom. The van der Waals surface area contributed by atoms with Gasteiger partial charge in [0.15, 0.2) is 0 Å². The topological polar surface area (TPSA) is 64.8 Å². The van der Waals surface area contributed by atoms with Gasteiger partial charge in [0.05, 0.1) is 18.0 Å². The predicted molar refractivity (Wildman–Crippen MR) is 60.9 cm³/mol. The number of anilines is 1. The average Bonchev–Trinajstić information content (AvgIpc) is 2.29. The maximum atomic E-state index is 9.36. The molecule has 2 atom stereocenters. The first kappa shape index (κ1) is 11.7. The number of aliphatic hydroxyl groups excluding tert-OH is 2. The Hall–Kier alpha value is -1.39. The van der Waals surface area contributed by atoms with Gasteiger partial charge in [0.25, 0.3) is 0 Å². The van der Waals surface area contributed by atoms with E-state index in [1.165, 1.54) is 6.21 Å². The standard InChI is InChI=1S/C11H16N2O2/c1-2-10(14)11(15)8-12-13-9-6-4-3-5-7-9/h3-8,10-11,13-15H,2H2,1H3/b12-8+/t10-,11-/m0/s1. The minimum atomic E-state index is -0.925. The molecule has 3 N–H and O–H groups in total. The van der Waals surface area contributed by atoms with E-state index in [4.69, 9.17) is 0 Å². The summed E-state index contributed by atoms with van der Waals surface area (Å²) in [5.74, 6) is 0. The highest BCUT2D eigenvalue weighted by atomic mass is 16.3. The first-order valence-corrected chi connectivity index (χ1v) is 4.94. The molecule has 0 saturated heterocycles. The van der Waals surface area contributed by atoms with E-state index in [2.05, 4.69) is 10.5 Å². The lowest BCUT2D eigenvalue weighted by Gasteiger charge is -2.10. The molecule has 0 heterocycles. The van der Waals surface area contributed by atoms with Crippen molar-refractivity contribution >= 4 is 11.9 Å². The number of benzene rings is 1. The molecule has 0 aliphatic carbocycles. The van der Waals surface area contributed by atoms with Crippen molar-refractivity contribution in [3.63, 3.8) is 0 Å². The van der Waals surface area contributed by atoms with Gasteiger partial charge in [-0.1, -0.05) is 25.1 Å². The van der Waals surface area contributed by atoms with Crippen molar-refractivity contribution in [1.29, 1.82) is 0 Å². The van der Waals surface area contributed by atoms with E-state index in [-0.39, 0.29) is 0 Å². The first-order valence-electron chi connectivity index (χ1n) is 4.94. The largest absolute Gasteiger partial charge is 0.390 e. The van der Waals surface area contributed by atoms with Crippen LogP contribution in [0, 0.1) is 0 Å². The highest BCUT2D eigenvalue weighted by Gasteiger charge is 2.10. The van der Waals surface area contributed by atoms with E-state index in [9.17, 15) is 10.2 Å². The quantitative estimate of drug-likeness (QED) is 0.503. The second-order valence-electron chi connectivity index (χ2n) is 3.22. The molecule has 0 amide bonds. The van der Waals surface area contributed by atoms with Crippen molar-refractivity contribution in [1.82, 2.24) is 0 Å². The van der Waals surface area contributed by atoms with Gasteiger partial charge in [0.1, 0.15) is 6.10 Å². The lowest BCUT2D eigenvalue weighted by molar-refractivity contribution is 0.0605. The van der Waals surface area contributed by atoms with Gasteiger partial charge in [-0.05, 0) is 18.6 Å². The summed E-state index contributed by atoms with van der Waals surface area (Å²) in [6.07, 6.45) is 0.109. The highest BCUT2D eigenvalue weighted by molar-refractivity contribution is 5.65. The summed E-state index contributed by atoms with van der Waals surface area (Å²) < 4.78 is 0. The summed E-state index contributed by atoms with van der Waals surface area (Å²) in [7, 11) is 0. The molecule has 4 nitrogen and oxygen atoms in total. The molecule has 4 heteroatoms. The fourth-order valence-corrected chi connectivity index (χ4v) is 1.04. The van der Waals surface area contributed by atoms with Crippen molar-refractivity contribution in [2.24, 2.45) is 5.10 Å². The van der Waals surface area contributed by atoms with Crippen molar-refractivity contribution in [2.75, 3.05) is 5.43 Å². The van der Waals surface area contributed by atoms with Crippen LogP contribution in [0.3, 0.4) is 0 Å². The molecule has 0 aliphatic heterocycles. The van der Waals surface area contributed by atoms with Crippen molar-refractivity contribution in [3.8, 4) is 0 Å². The van der Waals surface area contributed by atoms with Crippen molar-refractivity contribution in [3.05, 3.63) is 30.3 Å². The zero-order valence-electron chi connectivity index (χ0n) is 8.67. The molecule has 0 radical (unpaired) electrons. The van der Waals surface area contributed by atoms with Crippen LogP contribution in [-0.2, 0) is 0 Å². The van der Waals surface area contributed by atoms with Crippen LogP contribution in [0.2, 0.25) is 0 Å². The summed E-state index contributed by atoms with van der Waals surface area (Å²) in [5, 5.41) is 22.4. The molecule has 0 unspecified atom stereocenters. The van der Waals surface area contributed by atoms with Crippen LogP contribution in [0.4, 0.5) is 5.69 Å². The number of hydrogen-bond donors (Lipinski definition) is 3. The molecule has 1 aromatic rings. The minimum absolute atomic E-state index is 0.499. The van der Waals surface area contributed by atoms with Crippen LogP contribution in [0.5, 0.6) is 0 Å². The van der Waals surface area contributed by atoms with Gasteiger partial charge >= 0.3 is 0 Å². The van der Waals surface area contributed by atoms with E-state index in [1.54, 1.807) is 6.92 Å². The fourth-order valence-electron chi connectivity index (χ4n) is 1.04. The molecular weight excluding hydrogens is 192 g/mol. The monoisotopic (exact) mass is 208 g/mol. The summed E-state index contributed by atoms with van der Waals surface area (Å²) in [5.41, 5.74) is 3.59. The fraction of sp³-hybridized carbons (Fsp3) is 0.364. The SMILES string of the molecule is CC[C@H](O)[C@@H](O)/C=N/Nc1ccccc1. The van der Waals surface area contributed by atoms with Gasteiger partial charge in [-0.2, -0.15) is 5.10 Å². The molecule has 15 heavy (non-hydrogen) atoms. The molecule has 0 bridgehead atoms. The molecule has 1 rings (SSSR count). The predicted octanol–water partition coefficient (Wildman–Crippen LogP) is 1.22. The third-order valence-electron chi connectivity index (χ3n) is 2.01. The highest BCUT2D eigenvalue weighted by Crippen LogP contribution is 2.04. The lowest BCUT2D eigenvalue weighted by Crippen LogP contribution is -2.26. The van der Waals surface area contributed by atoms with Crippen LogP contribution in [0.25, 0.3) is 0 Å². The van der Waals surface area contributed by atoms with E-state index in [0.717, 1.165) is 5.69 Å². The van der Waals surface area contributed by atoms with Gasteiger partial charge < -0.3 is 10.2 Å². The maximum absolute atomic E-state index is 9.36. The molecule has 0 spiro atoms. The molecule has 0 fully saturated rings. The Balaban J connectivity index is 2.40. The Bertz CT molecular complexity index is 301. The molecular formula is C11H16N2O2.